The average Bonchev–Trinajstić information content (AvgIpc) is 2.45. The predicted molar refractivity (Wildman–Crippen MR) is 59.0 cm³/mol. The summed E-state index contributed by atoms with van der Waals surface area (Å²) in [6.45, 7) is 4.99. The van der Waals surface area contributed by atoms with Gasteiger partial charge in [0.25, 0.3) is 5.91 Å². The van der Waals surface area contributed by atoms with E-state index in [0.717, 1.165) is 17.5 Å². The van der Waals surface area contributed by atoms with Gasteiger partial charge in [0.05, 0.1) is 6.20 Å². The van der Waals surface area contributed by atoms with Crippen molar-refractivity contribution < 1.29 is 4.79 Å². The standard InChI is InChI=1S/C10H14BN3O/c1-6(2)3-7-4-12-13-9-8(7)5-14(11)10(9)15/h4,6H,3,5,11H2,1-2H3. The number of carbonyl (C=O) groups excluding carboxylic acids is 1. The highest BCUT2D eigenvalue weighted by Crippen LogP contribution is 2.23. The van der Waals surface area contributed by atoms with Crippen molar-refractivity contribution in [3.8, 4) is 0 Å². The Balaban J connectivity index is 2.40. The van der Waals surface area contributed by atoms with Gasteiger partial charge in [-0.15, -0.1) is 5.10 Å². The molecule has 0 saturated carbocycles. The van der Waals surface area contributed by atoms with Crippen molar-refractivity contribution in [3.63, 3.8) is 0 Å². The van der Waals surface area contributed by atoms with E-state index in [9.17, 15) is 4.79 Å². The van der Waals surface area contributed by atoms with Crippen LogP contribution in [0.2, 0.25) is 0 Å². The van der Waals surface area contributed by atoms with Crippen molar-refractivity contribution in [3.05, 3.63) is 23.0 Å². The Morgan fingerprint density at radius 1 is 1.60 bits per heavy atom. The minimum absolute atomic E-state index is 0.0110. The van der Waals surface area contributed by atoms with Gasteiger partial charge in [-0.25, -0.2) is 0 Å². The van der Waals surface area contributed by atoms with Gasteiger partial charge < -0.3 is 4.81 Å². The molecule has 78 valence electrons. The summed E-state index contributed by atoms with van der Waals surface area (Å²) in [5, 5.41) is 7.81. The summed E-state index contributed by atoms with van der Waals surface area (Å²) in [5.74, 6) is 0.558. The first-order valence-corrected chi connectivity index (χ1v) is 5.18. The Morgan fingerprint density at radius 2 is 2.33 bits per heavy atom. The molecule has 0 aromatic carbocycles. The van der Waals surface area contributed by atoms with Gasteiger partial charge in [0.2, 0.25) is 7.98 Å². The molecule has 0 fully saturated rings. The summed E-state index contributed by atoms with van der Waals surface area (Å²) in [6.07, 6.45) is 2.74. The molecule has 2 rings (SSSR count). The Bertz CT molecular complexity index is 406. The smallest absolute Gasteiger partial charge is 0.262 e. The first kappa shape index (κ1) is 10.1. The molecule has 1 aromatic rings. The molecule has 1 aliphatic heterocycles. The molecule has 0 unspecified atom stereocenters. The SMILES string of the molecule is BN1Cc2c(CC(C)C)cnnc2C1=O. The number of aromatic nitrogens is 2. The third-order valence-corrected chi connectivity index (χ3v) is 2.62. The predicted octanol–water partition coefficient (Wildman–Crippen LogP) is 0.179. The molecule has 1 aliphatic rings. The van der Waals surface area contributed by atoms with E-state index in [0.29, 0.717) is 18.2 Å². The normalized spacial score (nSPS) is 14.9. The van der Waals surface area contributed by atoms with Crippen molar-refractivity contribution >= 4 is 13.9 Å². The largest absolute Gasteiger partial charge is 0.384 e. The minimum atomic E-state index is -0.0110. The van der Waals surface area contributed by atoms with E-state index < -0.39 is 0 Å². The van der Waals surface area contributed by atoms with E-state index in [1.807, 2.05) is 0 Å². The minimum Gasteiger partial charge on any atom is -0.384 e. The highest BCUT2D eigenvalue weighted by Gasteiger charge is 2.28. The molecular formula is C10H14BN3O. The lowest BCUT2D eigenvalue weighted by Crippen LogP contribution is -2.20. The second kappa shape index (κ2) is 3.64. The molecule has 4 nitrogen and oxygen atoms in total. The lowest BCUT2D eigenvalue weighted by molar-refractivity contribution is 0.0875. The van der Waals surface area contributed by atoms with Crippen LogP contribution >= 0.6 is 0 Å². The lowest BCUT2D eigenvalue weighted by atomic mass is 10.00. The number of rotatable bonds is 2. The lowest BCUT2D eigenvalue weighted by Gasteiger charge is -2.08. The Morgan fingerprint density at radius 3 is 3.00 bits per heavy atom. The highest BCUT2D eigenvalue weighted by molar-refractivity contribution is 6.19. The maximum atomic E-state index is 11.7. The van der Waals surface area contributed by atoms with Gasteiger partial charge in [0.15, 0.2) is 5.69 Å². The third-order valence-electron chi connectivity index (χ3n) is 2.62. The molecule has 1 amide bonds. The number of hydrogen-bond donors (Lipinski definition) is 0. The summed E-state index contributed by atoms with van der Waals surface area (Å²) in [5.41, 5.74) is 2.76. The Labute approximate surface area is 90.1 Å². The van der Waals surface area contributed by atoms with Crippen LogP contribution in [0.5, 0.6) is 0 Å². The van der Waals surface area contributed by atoms with Crippen LogP contribution in [-0.2, 0) is 13.0 Å². The fourth-order valence-electron chi connectivity index (χ4n) is 1.90. The van der Waals surface area contributed by atoms with Crippen LogP contribution in [0.15, 0.2) is 6.20 Å². The van der Waals surface area contributed by atoms with Gasteiger partial charge in [-0.3, -0.25) is 4.79 Å². The number of amides is 1. The van der Waals surface area contributed by atoms with Crippen molar-refractivity contribution in [1.82, 2.24) is 15.0 Å². The molecule has 15 heavy (non-hydrogen) atoms. The third kappa shape index (κ3) is 1.74. The van der Waals surface area contributed by atoms with Crippen LogP contribution in [0.4, 0.5) is 0 Å². The van der Waals surface area contributed by atoms with Gasteiger partial charge in [-0.05, 0) is 17.9 Å². The topological polar surface area (TPSA) is 46.1 Å². The van der Waals surface area contributed by atoms with Crippen LogP contribution in [0.25, 0.3) is 0 Å². The Hall–Kier alpha value is -1.39. The Kier molecular flexibility index (Phi) is 2.46. The molecular weight excluding hydrogens is 189 g/mol. The zero-order valence-corrected chi connectivity index (χ0v) is 9.32. The van der Waals surface area contributed by atoms with Crippen molar-refractivity contribution in [2.75, 3.05) is 0 Å². The van der Waals surface area contributed by atoms with Gasteiger partial charge in [-0.1, -0.05) is 13.8 Å². The van der Waals surface area contributed by atoms with E-state index in [4.69, 9.17) is 0 Å². The number of hydrogen-bond acceptors (Lipinski definition) is 3. The van der Waals surface area contributed by atoms with Gasteiger partial charge in [-0.2, -0.15) is 5.10 Å². The quantitative estimate of drug-likeness (QED) is 0.644. The second-order valence-electron chi connectivity index (χ2n) is 4.46. The second-order valence-corrected chi connectivity index (χ2v) is 4.46. The first-order chi connectivity index (χ1) is 7.09. The van der Waals surface area contributed by atoms with E-state index in [1.54, 1.807) is 19.0 Å². The summed E-state index contributed by atoms with van der Waals surface area (Å²) < 4.78 is 0. The van der Waals surface area contributed by atoms with E-state index in [-0.39, 0.29) is 5.91 Å². The number of nitrogens with zero attached hydrogens (tertiary/aromatic N) is 3. The zero-order valence-electron chi connectivity index (χ0n) is 9.32. The molecule has 0 spiro atoms. The molecule has 0 saturated heterocycles. The van der Waals surface area contributed by atoms with E-state index in [1.165, 1.54) is 0 Å². The zero-order chi connectivity index (χ0) is 11.0. The number of carbonyl (C=O) groups is 1. The summed E-state index contributed by atoms with van der Waals surface area (Å²) in [7, 11) is 1.79. The van der Waals surface area contributed by atoms with Crippen molar-refractivity contribution in [1.29, 1.82) is 0 Å². The molecule has 5 heteroatoms. The van der Waals surface area contributed by atoms with Crippen LogP contribution in [0.1, 0.15) is 35.5 Å². The number of fused-ring (bicyclic) bond motifs is 1. The van der Waals surface area contributed by atoms with Crippen LogP contribution in [0.3, 0.4) is 0 Å². The van der Waals surface area contributed by atoms with Crippen LogP contribution in [0, 0.1) is 5.92 Å². The highest BCUT2D eigenvalue weighted by atomic mass is 16.2. The van der Waals surface area contributed by atoms with Crippen LogP contribution in [-0.4, -0.2) is 28.9 Å². The van der Waals surface area contributed by atoms with Crippen molar-refractivity contribution in [2.24, 2.45) is 5.92 Å². The molecule has 0 bridgehead atoms. The van der Waals surface area contributed by atoms with Crippen LogP contribution < -0.4 is 0 Å². The summed E-state index contributed by atoms with van der Waals surface area (Å²) in [6, 6.07) is 0. The molecule has 0 N–H and O–H groups in total. The van der Waals surface area contributed by atoms with E-state index in [2.05, 4.69) is 24.0 Å². The average molecular weight is 203 g/mol. The molecule has 2 heterocycles. The van der Waals surface area contributed by atoms with Gasteiger partial charge in [0, 0.05) is 12.1 Å². The fourth-order valence-corrected chi connectivity index (χ4v) is 1.90. The maximum absolute atomic E-state index is 11.7. The molecule has 1 aromatic heterocycles. The molecule has 0 radical (unpaired) electrons. The fraction of sp³-hybridized carbons (Fsp3) is 0.500. The van der Waals surface area contributed by atoms with Gasteiger partial charge in [0.1, 0.15) is 0 Å². The maximum Gasteiger partial charge on any atom is 0.262 e. The first-order valence-electron chi connectivity index (χ1n) is 5.18. The van der Waals surface area contributed by atoms with E-state index >= 15 is 0 Å². The van der Waals surface area contributed by atoms with Gasteiger partial charge >= 0.3 is 0 Å². The molecule has 0 aliphatic carbocycles. The summed E-state index contributed by atoms with van der Waals surface area (Å²) in [4.78, 5) is 13.3. The summed E-state index contributed by atoms with van der Waals surface area (Å²) >= 11 is 0. The van der Waals surface area contributed by atoms with Crippen molar-refractivity contribution in [2.45, 2.75) is 26.8 Å². The monoisotopic (exact) mass is 203 g/mol. The molecule has 0 atom stereocenters.